The van der Waals surface area contributed by atoms with Crippen molar-refractivity contribution in [2.75, 3.05) is 18.1 Å². The maximum Gasteiger partial charge on any atom is 0.416 e. The number of esters is 1. The summed E-state index contributed by atoms with van der Waals surface area (Å²) in [5, 5.41) is 0. The number of benzene rings is 2. The van der Waals surface area contributed by atoms with E-state index in [0.717, 1.165) is 11.0 Å². The first-order valence-electron chi connectivity index (χ1n) is 11.1. The van der Waals surface area contributed by atoms with Crippen molar-refractivity contribution in [1.82, 2.24) is 14.0 Å². The van der Waals surface area contributed by atoms with Crippen LogP contribution in [0.4, 0.5) is 28.0 Å². The second kappa shape index (κ2) is 9.37. The van der Waals surface area contributed by atoms with Crippen molar-refractivity contribution in [2.24, 2.45) is 20.0 Å². The second-order valence-electron chi connectivity index (χ2n) is 8.54. The average molecular weight is 522 g/mol. The first kappa shape index (κ1) is 25.9. The molecule has 1 unspecified atom stereocenters. The molecule has 1 saturated heterocycles. The van der Waals surface area contributed by atoms with Crippen molar-refractivity contribution in [3.63, 3.8) is 0 Å². The molecule has 1 aliphatic heterocycles. The molecule has 0 saturated carbocycles. The summed E-state index contributed by atoms with van der Waals surface area (Å²) >= 11 is 0. The molecule has 1 aromatic heterocycles. The number of anilines is 1. The minimum absolute atomic E-state index is 0.0481. The van der Waals surface area contributed by atoms with Gasteiger partial charge in [-0.25, -0.2) is 14.0 Å². The number of fused-ring (bicyclic) bond motifs is 1. The van der Waals surface area contributed by atoms with E-state index < -0.39 is 54.5 Å². The number of nitrogens with zero attached hydrogens (tertiary/aromatic N) is 4. The number of carbonyl (C=O) groups excluding carboxylic acids is 3. The summed E-state index contributed by atoms with van der Waals surface area (Å²) in [6.07, 6.45) is -4.85. The Balaban J connectivity index is 1.77. The van der Waals surface area contributed by atoms with E-state index >= 15 is 0 Å². The number of aryl methyl sites for hydroxylation is 2. The van der Waals surface area contributed by atoms with Crippen molar-refractivity contribution in [3.8, 4) is 0 Å². The van der Waals surface area contributed by atoms with Crippen LogP contribution in [0.15, 0.2) is 41.2 Å². The molecule has 2 heterocycles. The molecule has 1 aliphatic rings. The second-order valence-corrected chi connectivity index (χ2v) is 8.54. The van der Waals surface area contributed by atoms with Crippen LogP contribution in [-0.2, 0) is 41.1 Å². The Hall–Kier alpha value is -4.16. The van der Waals surface area contributed by atoms with Crippen LogP contribution in [0, 0.1) is 11.7 Å². The van der Waals surface area contributed by atoms with Gasteiger partial charge >= 0.3 is 23.9 Å². The van der Waals surface area contributed by atoms with Crippen molar-refractivity contribution >= 4 is 34.6 Å². The Morgan fingerprint density at radius 2 is 1.70 bits per heavy atom. The van der Waals surface area contributed by atoms with Gasteiger partial charge in [0.05, 0.1) is 36.3 Å². The average Bonchev–Trinajstić information content (AvgIpc) is 3.04. The normalized spacial score (nSPS) is 16.6. The van der Waals surface area contributed by atoms with Crippen molar-refractivity contribution in [1.29, 1.82) is 0 Å². The highest BCUT2D eigenvalue weighted by molar-refractivity contribution is 6.12. The third-order valence-corrected chi connectivity index (χ3v) is 6.16. The summed E-state index contributed by atoms with van der Waals surface area (Å²) < 4.78 is 61.3. The summed E-state index contributed by atoms with van der Waals surface area (Å²) in [5.74, 6) is -4.57. The number of rotatable bonds is 5. The summed E-state index contributed by atoms with van der Waals surface area (Å²) in [7, 11) is 3.10. The topological polar surface area (TPSA) is 93.8 Å². The fourth-order valence-corrected chi connectivity index (χ4v) is 4.30. The molecule has 4 rings (SSSR count). The smallest absolute Gasteiger partial charge is 0.416 e. The fourth-order valence-electron chi connectivity index (χ4n) is 4.30. The summed E-state index contributed by atoms with van der Waals surface area (Å²) in [4.78, 5) is 53.1. The third kappa shape index (κ3) is 4.68. The summed E-state index contributed by atoms with van der Waals surface area (Å²) in [6, 6.07) is 5.41. The highest BCUT2D eigenvalue weighted by Crippen LogP contribution is 2.32. The van der Waals surface area contributed by atoms with E-state index in [9.17, 15) is 36.7 Å². The van der Waals surface area contributed by atoms with Crippen LogP contribution in [0.2, 0.25) is 0 Å². The van der Waals surface area contributed by atoms with E-state index in [1.54, 1.807) is 13.1 Å². The molecule has 9 nitrogen and oxygen atoms in total. The van der Waals surface area contributed by atoms with Crippen LogP contribution >= 0.6 is 0 Å². The van der Waals surface area contributed by atoms with Gasteiger partial charge in [0.1, 0.15) is 5.82 Å². The van der Waals surface area contributed by atoms with Gasteiger partial charge in [0.25, 0.3) is 0 Å². The molecule has 2 aromatic carbocycles. The largest absolute Gasteiger partial charge is 0.465 e. The molecular formula is C24H22F4N4O5. The Bertz CT molecular complexity index is 1480. The predicted octanol–water partition coefficient (Wildman–Crippen LogP) is 3.18. The lowest BCUT2D eigenvalue weighted by molar-refractivity contribution is -0.154. The van der Waals surface area contributed by atoms with E-state index in [2.05, 4.69) is 0 Å². The van der Waals surface area contributed by atoms with Crippen molar-refractivity contribution in [2.45, 2.75) is 19.6 Å². The minimum atomic E-state index is -4.85. The lowest BCUT2D eigenvalue weighted by Gasteiger charge is -2.37. The number of carbonyl (C=O) groups is 3. The maximum atomic E-state index is 14.0. The molecule has 196 valence electrons. The van der Waals surface area contributed by atoms with E-state index in [1.165, 1.54) is 35.2 Å². The Morgan fingerprint density at radius 3 is 2.35 bits per heavy atom. The van der Waals surface area contributed by atoms with Gasteiger partial charge in [-0.2, -0.15) is 13.2 Å². The van der Waals surface area contributed by atoms with E-state index in [0.29, 0.717) is 28.1 Å². The molecule has 3 amide bonds. The van der Waals surface area contributed by atoms with Crippen molar-refractivity contribution < 1.29 is 36.7 Å². The van der Waals surface area contributed by atoms with Gasteiger partial charge in [0, 0.05) is 19.8 Å². The quantitative estimate of drug-likeness (QED) is 0.292. The lowest BCUT2D eigenvalue weighted by atomic mass is 10.0. The Morgan fingerprint density at radius 1 is 1.03 bits per heavy atom. The number of halogens is 4. The molecule has 1 atom stereocenters. The van der Waals surface area contributed by atoms with E-state index in [1.807, 2.05) is 0 Å². The van der Waals surface area contributed by atoms with Gasteiger partial charge in [-0.15, -0.1) is 0 Å². The number of hydrogen-bond donors (Lipinski definition) is 0. The first-order chi connectivity index (χ1) is 17.3. The molecular weight excluding hydrogens is 500 g/mol. The SMILES string of the molecule is CCOC(=O)C1CN(c2ccc3c(c2)n(C)c(=O)n3C)C(=O)N(Cc2cc(F)cc(C(F)(F)F)c2)C1=O. The molecule has 1 fully saturated rings. The van der Waals surface area contributed by atoms with E-state index in [-0.39, 0.29) is 23.5 Å². The fraction of sp³-hybridized carbons (Fsp3) is 0.333. The van der Waals surface area contributed by atoms with Crippen LogP contribution < -0.4 is 10.6 Å². The third-order valence-electron chi connectivity index (χ3n) is 6.16. The number of amides is 3. The number of hydrogen-bond acceptors (Lipinski definition) is 5. The summed E-state index contributed by atoms with van der Waals surface area (Å²) in [6.45, 7) is 0.377. The van der Waals surface area contributed by atoms with Crippen LogP contribution in [0.25, 0.3) is 11.0 Å². The Kier molecular flexibility index (Phi) is 6.57. The van der Waals surface area contributed by atoms with Gasteiger partial charge in [0.2, 0.25) is 5.91 Å². The maximum absolute atomic E-state index is 14.0. The Labute approximate surface area is 207 Å². The minimum Gasteiger partial charge on any atom is -0.465 e. The van der Waals surface area contributed by atoms with Gasteiger partial charge in [-0.3, -0.25) is 28.5 Å². The first-order valence-corrected chi connectivity index (χ1v) is 11.1. The molecule has 0 bridgehead atoms. The molecule has 0 spiro atoms. The van der Waals surface area contributed by atoms with Crippen molar-refractivity contribution in [3.05, 3.63) is 63.8 Å². The van der Waals surface area contributed by atoms with Gasteiger partial charge < -0.3 is 4.74 Å². The monoisotopic (exact) mass is 522 g/mol. The number of urea groups is 1. The molecule has 0 N–H and O–H groups in total. The highest BCUT2D eigenvalue weighted by atomic mass is 19.4. The molecule has 37 heavy (non-hydrogen) atoms. The highest BCUT2D eigenvalue weighted by Gasteiger charge is 2.44. The number of aromatic nitrogens is 2. The van der Waals surface area contributed by atoms with Gasteiger partial charge in [-0.1, -0.05) is 0 Å². The zero-order valence-electron chi connectivity index (χ0n) is 20.0. The van der Waals surface area contributed by atoms with Crippen LogP contribution in [0.5, 0.6) is 0 Å². The molecule has 13 heteroatoms. The predicted molar refractivity (Wildman–Crippen MR) is 123 cm³/mol. The van der Waals surface area contributed by atoms with Crippen LogP contribution in [-0.4, -0.2) is 45.1 Å². The number of imidazole rings is 1. The zero-order chi connectivity index (χ0) is 27.2. The molecule has 0 radical (unpaired) electrons. The molecule has 3 aromatic rings. The summed E-state index contributed by atoms with van der Waals surface area (Å²) in [5.41, 5.74) is -0.623. The number of imide groups is 1. The van der Waals surface area contributed by atoms with Crippen LogP contribution in [0.1, 0.15) is 18.1 Å². The number of ether oxygens (including phenoxy) is 1. The standard InChI is InChI=1S/C24H22F4N4O5/c1-4-37-21(34)17-12-31(16-5-6-18-19(10-16)30(3)22(35)29(18)2)23(36)32(20(17)33)11-13-7-14(24(26,27)28)9-15(25)8-13/h5-10,17H,4,11-12H2,1-3H3. The van der Waals surface area contributed by atoms with Crippen LogP contribution in [0.3, 0.4) is 0 Å². The van der Waals surface area contributed by atoms with Gasteiger partial charge in [-0.05, 0) is 48.9 Å². The van der Waals surface area contributed by atoms with Gasteiger partial charge in [0.15, 0.2) is 5.92 Å². The zero-order valence-corrected chi connectivity index (χ0v) is 20.0. The number of alkyl halides is 3. The lowest BCUT2D eigenvalue weighted by Crippen LogP contribution is -2.58. The van der Waals surface area contributed by atoms with E-state index in [4.69, 9.17) is 4.74 Å². The molecule has 0 aliphatic carbocycles.